The Labute approximate surface area is 147 Å². The van der Waals surface area contributed by atoms with Crippen molar-refractivity contribution < 1.29 is 9.84 Å². The Bertz CT molecular complexity index is 737. The molecule has 4 atom stereocenters. The van der Waals surface area contributed by atoms with Crippen molar-refractivity contribution in [2.45, 2.75) is 51.5 Å². The van der Waals surface area contributed by atoms with Gasteiger partial charge in [-0.1, -0.05) is 24.6 Å². The molecule has 0 bridgehead atoms. The summed E-state index contributed by atoms with van der Waals surface area (Å²) in [7, 11) is 0. The van der Waals surface area contributed by atoms with E-state index in [0.29, 0.717) is 17.0 Å². The molecule has 1 aliphatic carbocycles. The van der Waals surface area contributed by atoms with Gasteiger partial charge in [0.05, 0.1) is 17.5 Å². The summed E-state index contributed by atoms with van der Waals surface area (Å²) in [6.45, 7) is 9.39. The first kappa shape index (κ1) is 17.4. The maximum atomic E-state index is 10.2. The van der Waals surface area contributed by atoms with E-state index in [1.165, 1.54) is 6.33 Å². The molecule has 5 nitrogen and oxygen atoms in total. The Hall–Kier alpha value is -1.43. The molecule has 130 valence electrons. The number of nitrogens with zero attached hydrogens (tertiary/aromatic N) is 3. The van der Waals surface area contributed by atoms with Gasteiger partial charge in [0.25, 0.3) is 0 Å². The maximum Gasteiger partial charge on any atom is 0.160 e. The average Bonchev–Trinajstić information content (AvgIpc) is 3.04. The zero-order valence-corrected chi connectivity index (χ0v) is 15.1. The Morgan fingerprint density at radius 1 is 1.50 bits per heavy atom. The van der Waals surface area contributed by atoms with Crippen LogP contribution < -0.4 is 0 Å². The quantitative estimate of drug-likeness (QED) is 0.504. The van der Waals surface area contributed by atoms with Gasteiger partial charge in [-0.25, -0.2) is 9.97 Å². The van der Waals surface area contributed by atoms with Crippen molar-refractivity contribution in [1.29, 1.82) is 0 Å². The molecule has 6 heteroatoms. The molecule has 0 aromatic carbocycles. The third-order valence-corrected chi connectivity index (χ3v) is 5.20. The Kier molecular flexibility index (Phi) is 4.69. The first-order chi connectivity index (χ1) is 11.3. The molecule has 2 aromatic heterocycles. The fourth-order valence-corrected chi connectivity index (χ4v) is 3.99. The number of halogens is 1. The summed E-state index contributed by atoms with van der Waals surface area (Å²) in [6, 6.07) is 2.02. The van der Waals surface area contributed by atoms with Crippen LogP contribution in [0.3, 0.4) is 0 Å². The lowest BCUT2D eigenvalue weighted by Gasteiger charge is -2.31. The van der Waals surface area contributed by atoms with E-state index in [1.807, 2.05) is 18.3 Å². The Balaban J connectivity index is 2.01. The van der Waals surface area contributed by atoms with Crippen LogP contribution in [0.15, 0.2) is 31.2 Å². The van der Waals surface area contributed by atoms with E-state index in [-0.39, 0.29) is 12.1 Å². The van der Waals surface area contributed by atoms with Gasteiger partial charge in [-0.2, -0.15) is 0 Å². The van der Waals surface area contributed by atoms with Crippen molar-refractivity contribution >= 4 is 22.6 Å². The van der Waals surface area contributed by atoms with Crippen molar-refractivity contribution in [2.24, 2.45) is 11.8 Å². The Morgan fingerprint density at radius 3 is 2.92 bits per heavy atom. The summed E-state index contributed by atoms with van der Waals surface area (Å²) in [5, 5.41) is 11.5. The number of hydrogen-bond acceptors (Lipinski definition) is 4. The van der Waals surface area contributed by atoms with Crippen molar-refractivity contribution in [2.75, 3.05) is 0 Å². The molecule has 2 aromatic rings. The van der Waals surface area contributed by atoms with E-state index in [2.05, 4.69) is 28.0 Å². The summed E-state index contributed by atoms with van der Waals surface area (Å²) in [6.07, 6.45) is 7.18. The van der Waals surface area contributed by atoms with Gasteiger partial charge in [-0.3, -0.25) is 0 Å². The first-order valence-corrected chi connectivity index (χ1v) is 8.67. The third-order valence-electron chi connectivity index (χ3n) is 4.90. The van der Waals surface area contributed by atoms with Crippen LogP contribution in [0.5, 0.6) is 0 Å². The predicted octanol–water partition coefficient (Wildman–Crippen LogP) is 3.97. The van der Waals surface area contributed by atoms with E-state index < -0.39 is 5.79 Å². The number of allylic oxidation sites excluding steroid dienone is 1. The molecule has 1 saturated carbocycles. The van der Waals surface area contributed by atoms with E-state index in [4.69, 9.17) is 16.3 Å². The molecular weight excluding hydrogens is 326 g/mol. The first-order valence-electron chi connectivity index (χ1n) is 8.30. The molecule has 0 amide bonds. The van der Waals surface area contributed by atoms with Crippen molar-refractivity contribution in [3.63, 3.8) is 0 Å². The molecular formula is C18H24ClN3O2. The van der Waals surface area contributed by atoms with Gasteiger partial charge in [0, 0.05) is 6.20 Å². The van der Waals surface area contributed by atoms with Crippen LogP contribution in [0, 0.1) is 11.8 Å². The number of ether oxygens (including phenoxy) is 1. The molecule has 0 unspecified atom stereocenters. The molecule has 24 heavy (non-hydrogen) atoms. The highest BCUT2D eigenvalue weighted by atomic mass is 35.5. The molecule has 1 aliphatic rings. The monoisotopic (exact) mass is 349 g/mol. The van der Waals surface area contributed by atoms with Gasteiger partial charge in [0.1, 0.15) is 17.1 Å². The summed E-state index contributed by atoms with van der Waals surface area (Å²) < 4.78 is 8.14. The van der Waals surface area contributed by atoms with Crippen molar-refractivity contribution in [1.82, 2.24) is 14.5 Å². The minimum absolute atomic E-state index is 0.0832. The highest BCUT2D eigenvalue weighted by molar-refractivity contribution is 6.33. The SMILES string of the molecule is C=CC[C@H]1C[C@@H](n2ccc3c(Cl)ncnc32)[C@H](OC(C)(C)O)[C@@H]1C. The average molecular weight is 350 g/mol. The fraction of sp³-hybridized carbons (Fsp3) is 0.556. The Morgan fingerprint density at radius 2 is 2.25 bits per heavy atom. The second-order valence-corrected chi connectivity index (χ2v) is 7.46. The molecule has 2 heterocycles. The summed E-state index contributed by atoms with van der Waals surface area (Å²) >= 11 is 6.18. The van der Waals surface area contributed by atoms with Gasteiger partial charge >= 0.3 is 0 Å². The largest absolute Gasteiger partial charge is 0.366 e. The lowest BCUT2D eigenvalue weighted by Crippen LogP contribution is -2.36. The lowest BCUT2D eigenvalue weighted by atomic mass is 9.94. The van der Waals surface area contributed by atoms with Crippen molar-refractivity contribution in [3.8, 4) is 0 Å². The zero-order chi connectivity index (χ0) is 17.5. The molecule has 1 N–H and O–H groups in total. The second-order valence-electron chi connectivity index (χ2n) is 7.10. The standard InChI is InChI=1S/C18H24ClN3O2/c1-5-6-12-9-14(15(11(12)2)24-18(3,4)23)22-8-7-13-16(19)20-10-21-17(13)22/h5,7-8,10-12,14-15,23H,1,6,9H2,2-4H3/t11-,12+,14-,15-/m1/s1. The predicted molar refractivity (Wildman–Crippen MR) is 94.8 cm³/mol. The van der Waals surface area contributed by atoms with Gasteiger partial charge in [-0.05, 0) is 44.6 Å². The number of fused-ring (bicyclic) bond motifs is 1. The fourth-order valence-electron chi connectivity index (χ4n) is 3.80. The van der Waals surface area contributed by atoms with Crippen LogP contribution in [0.1, 0.15) is 39.7 Å². The smallest absolute Gasteiger partial charge is 0.160 e. The zero-order valence-electron chi connectivity index (χ0n) is 14.3. The molecule has 0 radical (unpaired) electrons. The van der Waals surface area contributed by atoms with Crippen molar-refractivity contribution in [3.05, 3.63) is 36.4 Å². The highest BCUT2D eigenvalue weighted by Crippen LogP contribution is 2.45. The van der Waals surface area contributed by atoms with Crippen LogP contribution in [-0.4, -0.2) is 31.5 Å². The topological polar surface area (TPSA) is 60.2 Å². The molecule has 0 aliphatic heterocycles. The number of aromatic nitrogens is 3. The van der Waals surface area contributed by atoms with Gasteiger partial charge in [0.15, 0.2) is 5.79 Å². The van der Waals surface area contributed by atoms with Crippen LogP contribution >= 0.6 is 11.6 Å². The highest BCUT2D eigenvalue weighted by Gasteiger charge is 2.44. The third kappa shape index (κ3) is 3.21. The minimum atomic E-state index is -1.18. The number of rotatable bonds is 5. The van der Waals surface area contributed by atoms with E-state index >= 15 is 0 Å². The van der Waals surface area contributed by atoms with Crippen LogP contribution in [0.4, 0.5) is 0 Å². The van der Waals surface area contributed by atoms with Crippen LogP contribution in [0.25, 0.3) is 11.0 Å². The molecule has 0 saturated heterocycles. The lowest BCUT2D eigenvalue weighted by molar-refractivity contribution is -0.219. The summed E-state index contributed by atoms with van der Waals surface area (Å²) in [5.74, 6) is -0.431. The molecule has 1 fully saturated rings. The van der Waals surface area contributed by atoms with E-state index in [1.54, 1.807) is 13.8 Å². The van der Waals surface area contributed by atoms with Crippen LogP contribution in [0.2, 0.25) is 5.15 Å². The normalized spacial score (nSPS) is 27.7. The minimum Gasteiger partial charge on any atom is -0.366 e. The van der Waals surface area contributed by atoms with E-state index in [0.717, 1.165) is 23.9 Å². The maximum absolute atomic E-state index is 10.2. The van der Waals surface area contributed by atoms with Gasteiger partial charge in [-0.15, -0.1) is 6.58 Å². The summed E-state index contributed by atoms with van der Waals surface area (Å²) in [4.78, 5) is 8.44. The van der Waals surface area contributed by atoms with Crippen LogP contribution in [-0.2, 0) is 4.74 Å². The number of hydrogen-bond donors (Lipinski definition) is 1. The van der Waals surface area contributed by atoms with E-state index in [9.17, 15) is 5.11 Å². The van der Waals surface area contributed by atoms with Gasteiger partial charge < -0.3 is 14.4 Å². The summed E-state index contributed by atoms with van der Waals surface area (Å²) in [5.41, 5.74) is 0.802. The number of aliphatic hydroxyl groups is 1. The molecule has 3 rings (SSSR count). The molecule has 0 spiro atoms. The second kappa shape index (κ2) is 6.47. The van der Waals surface area contributed by atoms with Gasteiger partial charge in [0.2, 0.25) is 0 Å².